The molecule has 0 saturated carbocycles. The topological polar surface area (TPSA) is 99.5 Å². The van der Waals surface area contributed by atoms with Crippen LogP contribution in [-0.4, -0.2) is 16.4 Å². The molecule has 0 aromatic heterocycles. The van der Waals surface area contributed by atoms with E-state index < -0.39 is 6.23 Å². The van der Waals surface area contributed by atoms with E-state index in [-0.39, 0.29) is 11.3 Å². The Morgan fingerprint density at radius 3 is 2.22 bits per heavy atom. The third-order valence-corrected chi connectivity index (χ3v) is 2.64. The summed E-state index contributed by atoms with van der Waals surface area (Å²) >= 11 is 0. The lowest BCUT2D eigenvalue weighted by atomic mass is 10.0. The van der Waals surface area contributed by atoms with Crippen molar-refractivity contribution in [3.63, 3.8) is 0 Å². The van der Waals surface area contributed by atoms with Gasteiger partial charge in [-0.25, -0.2) is 0 Å². The highest BCUT2D eigenvalue weighted by molar-refractivity contribution is 5.95. The summed E-state index contributed by atoms with van der Waals surface area (Å²) in [4.78, 5) is 0. The minimum absolute atomic E-state index is 0.00880. The molecule has 0 aliphatic heterocycles. The number of alkyl halides is 1. The first-order valence-corrected chi connectivity index (χ1v) is 7.37. The number of rotatable bonds is 2. The van der Waals surface area contributed by atoms with Crippen LogP contribution in [0.25, 0.3) is 10.8 Å². The third-order valence-electron chi connectivity index (χ3n) is 2.64. The molecule has 0 amide bonds. The summed E-state index contributed by atoms with van der Waals surface area (Å²) in [7, 11) is 0. The molecule has 0 fully saturated rings. The molecule has 0 atom stereocenters. The Hall–Kier alpha value is -2.36. The number of aryl methyl sites for hydroxylation is 1. The van der Waals surface area contributed by atoms with Gasteiger partial charge in [-0.1, -0.05) is 33.8 Å². The van der Waals surface area contributed by atoms with Gasteiger partial charge in [0.05, 0.1) is 5.56 Å². The van der Waals surface area contributed by atoms with E-state index >= 15 is 0 Å². The minimum atomic E-state index is -3.85. The zero-order valence-corrected chi connectivity index (χ0v) is 14.0. The summed E-state index contributed by atoms with van der Waals surface area (Å²) in [6, 6.07) is 8.05. The largest absolute Gasteiger partial charge is 0.492 e. The van der Waals surface area contributed by atoms with Crippen LogP contribution in [0, 0.1) is 18.3 Å². The van der Waals surface area contributed by atoms with Crippen LogP contribution >= 0.6 is 0 Å². The molecule has 0 bridgehead atoms. The summed E-state index contributed by atoms with van der Waals surface area (Å²) in [5.74, 6) is -0.231. The number of aliphatic hydroxyl groups is 2. The maximum atomic E-state index is 12.9. The molecule has 23 heavy (non-hydrogen) atoms. The fraction of sp³-hybridized carbons (Fsp3) is 0.353. The number of hydrogen-bond acceptors (Lipinski definition) is 5. The van der Waals surface area contributed by atoms with E-state index in [2.05, 4.69) is 4.74 Å². The Morgan fingerprint density at radius 1 is 1.17 bits per heavy atom. The molecular formula is C17H23FN2O3. The molecule has 6 heteroatoms. The second-order valence-electron chi connectivity index (χ2n) is 4.12. The Labute approximate surface area is 135 Å². The normalized spacial score (nSPS) is 9.87. The lowest BCUT2D eigenvalue weighted by Crippen LogP contribution is -2.29. The number of nitrogen functional groups attached to an aromatic ring is 1. The third kappa shape index (κ3) is 5.40. The van der Waals surface area contributed by atoms with Crippen LogP contribution in [0.4, 0.5) is 10.1 Å². The zero-order chi connectivity index (χ0) is 18.2. The van der Waals surface area contributed by atoms with E-state index in [1.807, 2.05) is 27.7 Å². The second-order valence-corrected chi connectivity index (χ2v) is 4.12. The predicted octanol–water partition coefficient (Wildman–Crippen LogP) is 3.60. The molecule has 2 rings (SSSR count). The standard InChI is InChI=1S/C13H11FN2O3.2C2H6/c1-7-4-10(16)5-8-2-3-9(6-15)12(11(7)8)19-13(14,17)18;2*1-2/h2-5,17-18H,16H2,1H3;2*1-2H3. The summed E-state index contributed by atoms with van der Waals surface area (Å²) in [5.41, 5.74) is 6.82. The summed E-state index contributed by atoms with van der Waals surface area (Å²) in [5, 5.41) is 27.4. The molecule has 0 aliphatic carbocycles. The van der Waals surface area contributed by atoms with E-state index in [0.29, 0.717) is 22.0 Å². The fourth-order valence-electron chi connectivity index (χ4n) is 1.99. The number of hydrogen-bond donors (Lipinski definition) is 3. The average molecular weight is 322 g/mol. The second kappa shape index (κ2) is 8.93. The van der Waals surface area contributed by atoms with Crippen LogP contribution in [0.2, 0.25) is 0 Å². The van der Waals surface area contributed by atoms with Gasteiger partial charge in [-0.05, 0) is 36.1 Å². The van der Waals surface area contributed by atoms with E-state index in [0.717, 1.165) is 0 Å². The maximum absolute atomic E-state index is 12.9. The molecule has 0 heterocycles. The van der Waals surface area contributed by atoms with Crippen molar-refractivity contribution in [2.45, 2.75) is 40.8 Å². The molecule has 0 spiro atoms. The summed E-state index contributed by atoms with van der Waals surface area (Å²) in [6.45, 7) is 9.70. The van der Waals surface area contributed by atoms with Crippen LogP contribution in [0.15, 0.2) is 24.3 Å². The number of fused-ring (bicyclic) bond motifs is 1. The first-order chi connectivity index (χ1) is 10.8. The Balaban J connectivity index is 0.00000112. The van der Waals surface area contributed by atoms with Crippen molar-refractivity contribution in [1.82, 2.24) is 0 Å². The van der Waals surface area contributed by atoms with Crippen LogP contribution in [0.3, 0.4) is 0 Å². The van der Waals surface area contributed by atoms with Crippen molar-refractivity contribution >= 4 is 16.5 Å². The first kappa shape index (κ1) is 20.6. The quantitative estimate of drug-likeness (QED) is 0.579. The Bertz CT molecular complexity index is 689. The minimum Gasteiger partial charge on any atom is -0.411 e. The first-order valence-electron chi connectivity index (χ1n) is 7.37. The van der Waals surface area contributed by atoms with E-state index in [1.165, 1.54) is 6.07 Å². The number of halogens is 1. The lowest BCUT2D eigenvalue weighted by molar-refractivity contribution is -0.375. The average Bonchev–Trinajstić information content (AvgIpc) is 2.49. The van der Waals surface area contributed by atoms with Crippen LogP contribution < -0.4 is 10.5 Å². The van der Waals surface area contributed by atoms with Gasteiger partial charge in [-0.3, -0.25) is 0 Å². The molecule has 4 N–H and O–H groups in total. The number of ether oxygens (including phenoxy) is 1. The highest BCUT2D eigenvalue weighted by Gasteiger charge is 2.27. The smallest absolute Gasteiger partial charge is 0.411 e. The number of nitriles is 1. The van der Waals surface area contributed by atoms with E-state index in [1.54, 1.807) is 31.2 Å². The Morgan fingerprint density at radius 2 is 1.74 bits per heavy atom. The van der Waals surface area contributed by atoms with Crippen LogP contribution in [-0.2, 0) is 0 Å². The zero-order valence-electron chi connectivity index (χ0n) is 14.0. The van der Waals surface area contributed by atoms with Crippen molar-refractivity contribution in [2.24, 2.45) is 0 Å². The lowest BCUT2D eigenvalue weighted by Gasteiger charge is -2.17. The van der Waals surface area contributed by atoms with Crippen LogP contribution in [0.5, 0.6) is 5.75 Å². The van der Waals surface area contributed by atoms with E-state index in [4.69, 9.17) is 21.2 Å². The molecule has 2 aromatic rings. The molecule has 0 unspecified atom stereocenters. The molecule has 5 nitrogen and oxygen atoms in total. The monoisotopic (exact) mass is 322 g/mol. The Kier molecular flexibility index (Phi) is 8.02. The molecular weight excluding hydrogens is 299 g/mol. The fourth-order valence-corrected chi connectivity index (χ4v) is 1.99. The summed E-state index contributed by atoms with van der Waals surface area (Å²) < 4.78 is 17.3. The van der Waals surface area contributed by atoms with Gasteiger partial charge < -0.3 is 20.7 Å². The van der Waals surface area contributed by atoms with Gasteiger partial charge in [-0.2, -0.15) is 5.26 Å². The molecule has 2 aromatic carbocycles. The maximum Gasteiger partial charge on any atom is 0.492 e. The number of anilines is 1. The van der Waals surface area contributed by atoms with Gasteiger partial charge in [0.2, 0.25) is 0 Å². The predicted molar refractivity (Wildman–Crippen MR) is 89.4 cm³/mol. The van der Waals surface area contributed by atoms with Gasteiger partial charge in [0.25, 0.3) is 0 Å². The molecule has 0 radical (unpaired) electrons. The van der Waals surface area contributed by atoms with Gasteiger partial charge >= 0.3 is 6.23 Å². The van der Waals surface area contributed by atoms with Crippen molar-refractivity contribution in [3.05, 3.63) is 35.4 Å². The van der Waals surface area contributed by atoms with Gasteiger partial charge in [0.1, 0.15) is 6.07 Å². The van der Waals surface area contributed by atoms with Crippen molar-refractivity contribution in [1.29, 1.82) is 5.26 Å². The number of nitrogens with two attached hydrogens (primary N) is 1. The van der Waals surface area contributed by atoms with Crippen molar-refractivity contribution in [3.8, 4) is 11.8 Å². The van der Waals surface area contributed by atoms with Gasteiger partial charge in [0.15, 0.2) is 5.75 Å². The van der Waals surface area contributed by atoms with E-state index in [9.17, 15) is 4.39 Å². The number of benzene rings is 2. The van der Waals surface area contributed by atoms with Gasteiger partial charge in [0, 0.05) is 11.1 Å². The van der Waals surface area contributed by atoms with Crippen LogP contribution in [0.1, 0.15) is 38.8 Å². The molecule has 0 aliphatic rings. The highest BCUT2D eigenvalue weighted by Crippen LogP contribution is 2.35. The molecule has 0 saturated heterocycles. The number of nitrogens with zero attached hydrogens (tertiary/aromatic N) is 1. The SMILES string of the molecule is CC.CC.Cc1cc(N)cc2ccc(C#N)c(OC(O)(O)F)c12. The van der Waals surface area contributed by atoms with Gasteiger partial charge in [-0.15, -0.1) is 4.39 Å². The molecule has 126 valence electrons. The van der Waals surface area contributed by atoms with Crippen molar-refractivity contribution < 1.29 is 19.3 Å². The highest BCUT2D eigenvalue weighted by atomic mass is 19.2. The summed E-state index contributed by atoms with van der Waals surface area (Å²) in [6.07, 6.45) is -3.85. The van der Waals surface area contributed by atoms with Crippen molar-refractivity contribution in [2.75, 3.05) is 5.73 Å².